The lowest BCUT2D eigenvalue weighted by atomic mass is 9.96. The molecule has 1 fully saturated rings. The van der Waals surface area contributed by atoms with Crippen LogP contribution in [0.15, 0.2) is 58.6 Å². The van der Waals surface area contributed by atoms with Gasteiger partial charge in [0.05, 0.1) is 12.1 Å². The fourth-order valence-electron chi connectivity index (χ4n) is 4.32. The number of rotatable bonds is 6. The fraction of sp³-hybridized carbons (Fsp3) is 0.269. The zero-order chi connectivity index (χ0) is 25.1. The Morgan fingerprint density at radius 2 is 1.92 bits per heavy atom. The molecule has 5 rings (SSSR count). The number of aromatic nitrogens is 3. The van der Waals surface area contributed by atoms with E-state index in [1.54, 1.807) is 30.6 Å². The summed E-state index contributed by atoms with van der Waals surface area (Å²) in [5.74, 6) is 0.660. The third-order valence-corrected chi connectivity index (χ3v) is 7.23. The Labute approximate surface area is 212 Å². The van der Waals surface area contributed by atoms with Gasteiger partial charge in [0.2, 0.25) is 5.88 Å². The third kappa shape index (κ3) is 4.72. The normalized spacial score (nSPS) is 14.0. The molecule has 0 aliphatic carbocycles. The molecule has 184 valence electrons. The lowest BCUT2D eigenvalue weighted by molar-refractivity contribution is 0.0711. The molecule has 0 bridgehead atoms. The number of likely N-dealkylation sites (tertiary alicyclic amines) is 1. The van der Waals surface area contributed by atoms with Crippen molar-refractivity contribution in [1.82, 2.24) is 20.0 Å². The van der Waals surface area contributed by atoms with E-state index >= 15 is 0 Å². The number of amides is 2. The van der Waals surface area contributed by atoms with Crippen LogP contribution in [0.3, 0.4) is 0 Å². The predicted molar refractivity (Wildman–Crippen MR) is 135 cm³/mol. The van der Waals surface area contributed by atoms with Gasteiger partial charge in [-0.2, -0.15) is 0 Å². The third-order valence-electron chi connectivity index (χ3n) is 6.22. The van der Waals surface area contributed by atoms with Gasteiger partial charge in [0.25, 0.3) is 11.8 Å². The first-order valence-electron chi connectivity index (χ1n) is 11.6. The van der Waals surface area contributed by atoms with Gasteiger partial charge < -0.3 is 19.5 Å². The number of methoxy groups -OCH3 is 1. The number of nitrogens with zero attached hydrogens (tertiary/aromatic N) is 4. The Morgan fingerprint density at radius 1 is 1.14 bits per heavy atom. The van der Waals surface area contributed by atoms with Crippen LogP contribution < -0.4 is 10.1 Å². The number of carbonyl (C=O) groups excluding carboxylic acids is 2. The molecule has 0 unspecified atom stereocenters. The molecular weight excluding hydrogens is 478 g/mol. The molecule has 1 aliphatic rings. The number of hydrogen-bond acceptors (Lipinski definition) is 8. The van der Waals surface area contributed by atoms with Crippen molar-refractivity contribution in [1.29, 1.82) is 0 Å². The van der Waals surface area contributed by atoms with Crippen LogP contribution in [0.5, 0.6) is 5.88 Å². The van der Waals surface area contributed by atoms with E-state index in [2.05, 4.69) is 20.4 Å². The predicted octanol–water partition coefficient (Wildman–Crippen LogP) is 4.78. The fourth-order valence-corrected chi connectivity index (χ4v) is 5.29. The maximum atomic E-state index is 13.4. The van der Waals surface area contributed by atoms with Gasteiger partial charge in [-0.05, 0) is 31.9 Å². The largest absolute Gasteiger partial charge is 0.480 e. The van der Waals surface area contributed by atoms with Crippen LogP contribution in [0.2, 0.25) is 0 Å². The summed E-state index contributed by atoms with van der Waals surface area (Å²) in [6.45, 7) is 2.95. The minimum atomic E-state index is -0.312. The number of thiazole rings is 1. The first kappa shape index (κ1) is 23.7. The highest BCUT2D eigenvalue weighted by Gasteiger charge is 2.31. The number of anilines is 1. The molecule has 1 saturated heterocycles. The molecule has 0 radical (unpaired) electrons. The first-order chi connectivity index (χ1) is 17.5. The van der Waals surface area contributed by atoms with Gasteiger partial charge >= 0.3 is 0 Å². The molecule has 0 spiro atoms. The van der Waals surface area contributed by atoms with Gasteiger partial charge in [-0.15, -0.1) is 11.3 Å². The number of nitrogens with one attached hydrogen (secondary N) is 1. The summed E-state index contributed by atoms with van der Waals surface area (Å²) in [6, 6.07) is 13.0. The van der Waals surface area contributed by atoms with E-state index in [-0.39, 0.29) is 17.7 Å². The Kier molecular flexibility index (Phi) is 6.77. The number of benzene rings is 1. The minimum Gasteiger partial charge on any atom is -0.480 e. The lowest BCUT2D eigenvalue weighted by Crippen LogP contribution is -2.38. The molecule has 36 heavy (non-hydrogen) atoms. The molecule has 10 heteroatoms. The second kappa shape index (κ2) is 10.3. The van der Waals surface area contributed by atoms with Crippen LogP contribution in [0.1, 0.15) is 50.4 Å². The molecule has 0 atom stereocenters. The van der Waals surface area contributed by atoms with Crippen molar-refractivity contribution in [3.05, 3.63) is 76.1 Å². The average molecular weight is 504 g/mol. The Hall–Kier alpha value is -4.05. The van der Waals surface area contributed by atoms with Gasteiger partial charge in [-0.1, -0.05) is 35.5 Å². The summed E-state index contributed by atoms with van der Waals surface area (Å²) < 4.78 is 10.6. The zero-order valence-electron chi connectivity index (χ0n) is 19.9. The molecular formula is C26H25N5O4S. The quantitative estimate of drug-likeness (QED) is 0.403. The highest BCUT2D eigenvalue weighted by Crippen LogP contribution is 2.33. The molecule has 1 aliphatic heterocycles. The van der Waals surface area contributed by atoms with E-state index in [0.717, 1.165) is 23.4 Å². The molecule has 0 saturated carbocycles. The number of hydrogen-bond donors (Lipinski definition) is 1. The zero-order valence-corrected chi connectivity index (χ0v) is 20.7. The number of carbonyl (C=O) groups is 2. The van der Waals surface area contributed by atoms with Crippen LogP contribution in [0, 0.1) is 6.92 Å². The second-order valence-electron chi connectivity index (χ2n) is 8.48. The van der Waals surface area contributed by atoms with Crippen molar-refractivity contribution in [2.24, 2.45) is 0 Å². The monoisotopic (exact) mass is 503 g/mol. The van der Waals surface area contributed by atoms with Crippen LogP contribution in [-0.4, -0.2) is 52.0 Å². The van der Waals surface area contributed by atoms with Gasteiger partial charge in [-0.25, -0.2) is 9.97 Å². The smallest absolute Gasteiger partial charge is 0.275 e. The maximum absolute atomic E-state index is 13.4. The van der Waals surface area contributed by atoms with Crippen LogP contribution in [0.25, 0.3) is 11.3 Å². The summed E-state index contributed by atoms with van der Waals surface area (Å²) in [5, 5.41) is 9.61. The van der Waals surface area contributed by atoms with Crippen molar-refractivity contribution in [3.63, 3.8) is 0 Å². The van der Waals surface area contributed by atoms with Gasteiger partial charge in [0, 0.05) is 36.1 Å². The molecule has 4 heterocycles. The highest BCUT2D eigenvalue weighted by molar-refractivity contribution is 7.10. The van der Waals surface area contributed by atoms with E-state index in [0.29, 0.717) is 47.4 Å². The molecule has 1 aromatic carbocycles. The van der Waals surface area contributed by atoms with Crippen molar-refractivity contribution >= 4 is 28.8 Å². The number of aryl methyl sites for hydroxylation is 1. The van der Waals surface area contributed by atoms with Gasteiger partial charge in [-0.3, -0.25) is 9.59 Å². The van der Waals surface area contributed by atoms with Gasteiger partial charge in [0.15, 0.2) is 0 Å². The van der Waals surface area contributed by atoms with E-state index in [4.69, 9.17) is 9.26 Å². The van der Waals surface area contributed by atoms with E-state index in [9.17, 15) is 9.59 Å². The number of ether oxygens (including phenoxy) is 1. The summed E-state index contributed by atoms with van der Waals surface area (Å²) in [7, 11) is 1.50. The molecule has 1 N–H and O–H groups in total. The Balaban J connectivity index is 1.23. The molecule has 2 amide bonds. The highest BCUT2D eigenvalue weighted by atomic mass is 32.1. The average Bonchev–Trinajstić information content (AvgIpc) is 3.57. The topological polar surface area (TPSA) is 110 Å². The SMILES string of the molecule is COc1ncccc1NC(=O)c1csc(C2CCN(C(=O)c3c(-c4ccccc4)noc3C)CC2)n1. The molecule has 4 aromatic rings. The second-order valence-corrected chi connectivity index (χ2v) is 9.37. The Morgan fingerprint density at radius 3 is 2.67 bits per heavy atom. The minimum absolute atomic E-state index is 0.0734. The van der Waals surface area contributed by atoms with E-state index in [1.807, 2.05) is 35.2 Å². The molecule has 3 aromatic heterocycles. The molecule has 9 nitrogen and oxygen atoms in total. The van der Waals surface area contributed by atoms with Crippen LogP contribution >= 0.6 is 11.3 Å². The summed E-state index contributed by atoms with van der Waals surface area (Å²) in [5.41, 5.74) is 2.78. The number of pyridine rings is 1. The van der Waals surface area contributed by atoms with E-state index in [1.165, 1.54) is 18.4 Å². The standard InChI is InChI=1S/C26H25N5O4S/c1-16-21(22(30-35-16)17-7-4-3-5-8-17)26(33)31-13-10-18(11-14-31)25-29-20(15-36-25)23(32)28-19-9-6-12-27-24(19)34-2/h3-9,12,15,18H,10-11,13-14H2,1-2H3,(H,28,32). The van der Waals surface area contributed by atoms with Crippen molar-refractivity contribution < 1.29 is 18.8 Å². The van der Waals surface area contributed by atoms with Crippen molar-refractivity contribution in [3.8, 4) is 17.1 Å². The van der Waals surface area contributed by atoms with Crippen LogP contribution in [0.4, 0.5) is 5.69 Å². The Bertz CT molecular complexity index is 1380. The van der Waals surface area contributed by atoms with Crippen molar-refractivity contribution in [2.45, 2.75) is 25.7 Å². The summed E-state index contributed by atoms with van der Waals surface area (Å²) in [6.07, 6.45) is 3.13. The first-order valence-corrected chi connectivity index (χ1v) is 12.5. The summed E-state index contributed by atoms with van der Waals surface area (Å²) in [4.78, 5) is 36.6. The summed E-state index contributed by atoms with van der Waals surface area (Å²) >= 11 is 1.47. The lowest BCUT2D eigenvalue weighted by Gasteiger charge is -2.31. The van der Waals surface area contributed by atoms with Crippen molar-refractivity contribution in [2.75, 3.05) is 25.5 Å². The van der Waals surface area contributed by atoms with Gasteiger partial charge in [0.1, 0.15) is 28.4 Å². The number of piperidine rings is 1. The van der Waals surface area contributed by atoms with Crippen LogP contribution in [-0.2, 0) is 0 Å². The van der Waals surface area contributed by atoms with E-state index < -0.39 is 0 Å². The maximum Gasteiger partial charge on any atom is 0.275 e.